The fourth-order valence-corrected chi connectivity index (χ4v) is 3.46. The summed E-state index contributed by atoms with van der Waals surface area (Å²) in [5.41, 5.74) is 0.266. The predicted octanol–water partition coefficient (Wildman–Crippen LogP) is 4.86. The monoisotopic (exact) mass is 420 g/mol. The number of likely N-dealkylation sites (tertiary alicyclic amines) is 1. The van der Waals surface area contributed by atoms with Crippen LogP contribution in [0.25, 0.3) is 0 Å². The summed E-state index contributed by atoms with van der Waals surface area (Å²) in [6.45, 7) is 2.91. The van der Waals surface area contributed by atoms with Gasteiger partial charge < -0.3 is 15.0 Å². The molecule has 2 aromatic carbocycles. The van der Waals surface area contributed by atoms with Gasteiger partial charge in [0.1, 0.15) is 0 Å². The first-order chi connectivity index (χ1) is 14.3. The van der Waals surface area contributed by atoms with Crippen LogP contribution in [0.5, 0.6) is 0 Å². The van der Waals surface area contributed by atoms with Gasteiger partial charge in [0.15, 0.2) is 0 Å². The molecule has 1 fully saturated rings. The lowest BCUT2D eigenvalue weighted by Gasteiger charge is -2.31. The van der Waals surface area contributed by atoms with Gasteiger partial charge in [-0.1, -0.05) is 18.2 Å². The molecule has 1 heterocycles. The van der Waals surface area contributed by atoms with Crippen LogP contribution in [-0.4, -0.2) is 36.5 Å². The van der Waals surface area contributed by atoms with E-state index in [-0.39, 0.29) is 23.5 Å². The number of para-hydroxylation sites is 1. The van der Waals surface area contributed by atoms with Crippen LogP contribution in [-0.2, 0) is 15.7 Å². The quantitative estimate of drug-likeness (QED) is 0.702. The summed E-state index contributed by atoms with van der Waals surface area (Å²) in [6.07, 6.45) is -3.40. The van der Waals surface area contributed by atoms with Crippen LogP contribution in [0.1, 0.15) is 35.7 Å². The van der Waals surface area contributed by atoms with Gasteiger partial charge in [-0.05, 0) is 50.1 Å². The standard InChI is InChI=1S/C22H23F3N2O3/c1-2-30-21(29)15-10-12-27(13-11-15)20(28)18-8-3-4-9-19(18)26-17-7-5-6-16(14-17)22(23,24)25/h3-9,14-15,26H,2,10-13H2,1H3. The molecule has 2 aromatic rings. The summed E-state index contributed by atoms with van der Waals surface area (Å²) < 4.78 is 44.0. The number of halogens is 3. The molecule has 3 rings (SSSR count). The second-order valence-electron chi connectivity index (χ2n) is 7.07. The van der Waals surface area contributed by atoms with Crippen molar-refractivity contribution in [1.82, 2.24) is 4.90 Å². The summed E-state index contributed by atoms with van der Waals surface area (Å²) in [5, 5.41) is 2.93. The van der Waals surface area contributed by atoms with Crippen LogP contribution < -0.4 is 5.32 Å². The van der Waals surface area contributed by atoms with Crippen LogP contribution in [0.15, 0.2) is 48.5 Å². The number of rotatable bonds is 5. The Morgan fingerprint density at radius 2 is 1.80 bits per heavy atom. The fourth-order valence-electron chi connectivity index (χ4n) is 3.46. The maximum absolute atomic E-state index is 13.0. The number of amides is 1. The lowest BCUT2D eigenvalue weighted by molar-refractivity contribution is -0.149. The smallest absolute Gasteiger partial charge is 0.416 e. The van der Waals surface area contributed by atoms with E-state index < -0.39 is 11.7 Å². The van der Waals surface area contributed by atoms with E-state index in [2.05, 4.69) is 5.32 Å². The number of alkyl halides is 3. The van der Waals surface area contributed by atoms with Crippen molar-refractivity contribution in [3.8, 4) is 0 Å². The van der Waals surface area contributed by atoms with Gasteiger partial charge in [0.25, 0.3) is 5.91 Å². The van der Waals surface area contributed by atoms with Crippen LogP contribution in [0.2, 0.25) is 0 Å². The van der Waals surface area contributed by atoms with Gasteiger partial charge in [-0.25, -0.2) is 0 Å². The molecule has 1 aliphatic rings. The molecular formula is C22H23F3N2O3. The third-order valence-electron chi connectivity index (χ3n) is 5.03. The van der Waals surface area contributed by atoms with E-state index in [4.69, 9.17) is 4.74 Å². The number of piperidine rings is 1. The first-order valence-corrected chi connectivity index (χ1v) is 9.79. The molecule has 0 aromatic heterocycles. The van der Waals surface area contributed by atoms with Crippen LogP contribution in [0.4, 0.5) is 24.5 Å². The normalized spacial score (nSPS) is 15.0. The van der Waals surface area contributed by atoms with Gasteiger partial charge in [0.2, 0.25) is 0 Å². The molecule has 0 bridgehead atoms. The Hall–Kier alpha value is -3.03. The molecule has 1 amide bonds. The van der Waals surface area contributed by atoms with Crippen molar-refractivity contribution < 1.29 is 27.5 Å². The van der Waals surface area contributed by atoms with E-state index in [0.29, 0.717) is 43.8 Å². The van der Waals surface area contributed by atoms with Crippen molar-refractivity contribution in [2.75, 3.05) is 25.0 Å². The van der Waals surface area contributed by atoms with Gasteiger partial charge in [-0.15, -0.1) is 0 Å². The molecule has 1 aliphatic heterocycles. The highest BCUT2D eigenvalue weighted by Gasteiger charge is 2.31. The second kappa shape index (κ2) is 9.19. The molecule has 0 aliphatic carbocycles. The van der Waals surface area contributed by atoms with Crippen molar-refractivity contribution in [2.45, 2.75) is 25.9 Å². The Morgan fingerprint density at radius 1 is 1.10 bits per heavy atom. The largest absolute Gasteiger partial charge is 0.466 e. The number of carbonyl (C=O) groups is 2. The molecule has 1 N–H and O–H groups in total. The van der Waals surface area contributed by atoms with E-state index in [1.807, 2.05) is 0 Å². The molecule has 0 radical (unpaired) electrons. The second-order valence-corrected chi connectivity index (χ2v) is 7.07. The van der Waals surface area contributed by atoms with Gasteiger partial charge in [-0.3, -0.25) is 9.59 Å². The van der Waals surface area contributed by atoms with Crippen molar-refractivity contribution in [2.24, 2.45) is 5.92 Å². The summed E-state index contributed by atoms with van der Waals surface area (Å²) in [6, 6.07) is 11.5. The Balaban J connectivity index is 1.73. The molecule has 0 atom stereocenters. The zero-order valence-electron chi connectivity index (χ0n) is 16.5. The lowest BCUT2D eigenvalue weighted by atomic mass is 9.96. The number of benzene rings is 2. The SMILES string of the molecule is CCOC(=O)C1CCN(C(=O)c2ccccc2Nc2cccc(C(F)(F)F)c2)CC1. The molecule has 0 spiro atoms. The minimum atomic E-state index is -4.45. The zero-order valence-corrected chi connectivity index (χ0v) is 16.5. The van der Waals surface area contributed by atoms with E-state index >= 15 is 0 Å². The van der Waals surface area contributed by atoms with Gasteiger partial charge in [0, 0.05) is 18.8 Å². The van der Waals surface area contributed by atoms with Gasteiger partial charge in [0.05, 0.1) is 29.3 Å². The topological polar surface area (TPSA) is 58.6 Å². The average molecular weight is 420 g/mol. The minimum absolute atomic E-state index is 0.215. The Morgan fingerprint density at radius 3 is 2.47 bits per heavy atom. The van der Waals surface area contributed by atoms with E-state index in [0.717, 1.165) is 12.1 Å². The number of nitrogens with one attached hydrogen (secondary N) is 1. The van der Waals surface area contributed by atoms with E-state index in [9.17, 15) is 22.8 Å². The van der Waals surface area contributed by atoms with Crippen LogP contribution >= 0.6 is 0 Å². The van der Waals surface area contributed by atoms with Crippen molar-refractivity contribution in [1.29, 1.82) is 0 Å². The first-order valence-electron chi connectivity index (χ1n) is 9.79. The Kier molecular flexibility index (Phi) is 6.64. The molecular weight excluding hydrogens is 397 g/mol. The molecule has 30 heavy (non-hydrogen) atoms. The highest BCUT2D eigenvalue weighted by molar-refractivity contribution is 6.00. The average Bonchev–Trinajstić information content (AvgIpc) is 2.73. The first kappa shape index (κ1) is 21.7. The number of nitrogens with zero attached hydrogens (tertiary/aromatic N) is 1. The highest BCUT2D eigenvalue weighted by atomic mass is 19.4. The molecule has 1 saturated heterocycles. The van der Waals surface area contributed by atoms with E-state index in [1.54, 1.807) is 36.1 Å². The molecule has 0 unspecified atom stereocenters. The van der Waals surface area contributed by atoms with Gasteiger partial charge in [-0.2, -0.15) is 13.2 Å². The van der Waals surface area contributed by atoms with Crippen LogP contribution in [0.3, 0.4) is 0 Å². The van der Waals surface area contributed by atoms with Crippen molar-refractivity contribution in [3.05, 3.63) is 59.7 Å². The third-order valence-corrected chi connectivity index (χ3v) is 5.03. The number of hydrogen-bond donors (Lipinski definition) is 1. The number of hydrogen-bond acceptors (Lipinski definition) is 4. The number of carbonyl (C=O) groups excluding carboxylic acids is 2. The summed E-state index contributed by atoms with van der Waals surface area (Å²) >= 11 is 0. The lowest BCUT2D eigenvalue weighted by Crippen LogP contribution is -2.40. The molecule has 160 valence electrons. The predicted molar refractivity (Wildman–Crippen MR) is 106 cm³/mol. The number of anilines is 2. The maximum atomic E-state index is 13.0. The molecule has 5 nitrogen and oxygen atoms in total. The highest BCUT2D eigenvalue weighted by Crippen LogP contribution is 2.32. The maximum Gasteiger partial charge on any atom is 0.416 e. The van der Waals surface area contributed by atoms with Crippen molar-refractivity contribution in [3.63, 3.8) is 0 Å². The zero-order chi connectivity index (χ0) is 21.7. The summed E-state index contributed by atoms with van der Waals surface area (Å²) in [5.74, 6) is -0.684. The van der Waals surface area contributed by atoms with Crippen molar-refractivity contribution >= 4 is 23.3 Å². The minimum Gasteiger partial charge on any atom is -0.466 e. The fraction of sp³-hybridized carbons (Fsp3) is 0.364. The summed E-state index contributed by atoms with van der Waals surface area (Å²) in [7, 11) is 0. The molecule has 0 saturated carbocycles. The third kappa shape index (κ3) is 5.11. The van der Waals surface area contributed by atoms with E-state index in [1.165, 1.54) is 12.1 Å². The molecule has 8 heteroatoms. The number of ether oxygens (including phenoxy) is 1. The Labute approximate surface area is 172 Å². The number of esters is 1. The Bertz CT molecular complexity index is 906. The van der Waals surface area contributed by atoms with Crippen LogP contribution in [0, 0.1) is 5.92 Å². The summed E-state index contributed by atoms with van der Waals surface area (Å²) in [4.78, 5) is 26.6. The van der Waals surface area contributed by atoms with Gasteiger partial charge >= 0.3 is 12.1 Å².